The van der Waals surface area contributed by atoms with Crippen LogP contribution in [0.4, 0.5) is 3.89 Å². The molecule has 2 aromatic carbocycles. The van der Waals surface area contributed by atoms with Crippen LogP contribution in [0.25, 0.3) is 0 Å². The summed E-state index contributed by atoms with van der Waals surface area (Å²) in [7, 11) is 0. The third-order valence-electron chi connectivity index (χ3n) is 5.73. The zero-order valence-electron chi connectivity index (χ0n) is 15.3. The minimum Gasteiger partial charge on any atom is -0.292 e. The van der Waals surface area contributed by atoms with E-state index in [1.165, 1.54) is 27.8 Å². The van der Waals surface area contributed by atoms with Gasteiger partial charge in [0, 0.05) is 24.0 Å². The van der Waals surface area contributed by atoms with Gasteiger partial charge < -0.3 is 0 Å². The van der Waals surface area contributed by atoms with Crippen LogP contribution in [0.15, 0.2) is 41.3 Å². The molecule has 0 saturated carbocycles. The van der Waals surface area contributed by atoms with Crippen molar-refractivity contribution >= 4 is 12.1 Å². The SMILES string of the molecule is Cc1ccc2c(c1)CN(C1CCc3ccc(SF)cc31)CC(C)(C)C2. The van der Waals surface area contributed by atoms with Gasteiger partial charge in [-0.1, -0.05) is 43.7 Å². The number of hydrogen-bond acceptors (Lipinski definition) is 2. The number of halogens is 1. The van der Waals surface area contributed by atoms with Crippen molar-refractivity contribution in [1.29, 1.82) is 0 Å². The fraction of sp³-hybridized carbons (Fsp3) is 0.455. The second-order valence-electron chi connectivity index (χ2n) is 8.51. The Morgan fingerprint density at radius 3 is 2.68 bits per heavy atom. The Morgan fingerprint density at radius 2 is 1.88 bits per heavy atom. The molecule has 2 aromatic rings. The number of hydrogen-bond donors (Lipinski definition) is 0. The zero-order chi connectivity index (χ0) is 17.6. The molecule has 1 aliphatic carbocycles. The van der Waals surface area contributed by atoms with Gasteiger partial charge in [-0.25, -0.2) is 0 Å². The molecule has 3 heteroatoms. The maximum Gasteiger partial charge on any atom is 0.0812 e. The van der Waals surface area contributed by atoms with Gasteiger partial charge in [0.2, 0.25) is 0 Å². The predicted octanol–water partition coefficient (Wildman–Crippen LogP) is 6.04. The Balaban J connectivity index is 1.71. The van der Waals surface area contributed by atoms with E-state index in [2.05, 4.69) is 56.0 Å². The van der Waals surface area contributed by atoms with Crippen molar-refractivity contribution in [3.63, 3.8) is 0 Å². The number of fused-ring (bicyclic) bond motifs is 2. The van der Waals surface area contributed by atoms with Crippen molar-refractivity contribution in [2.45, 2.75) is 57.5 Å². The molecule has 132 valence electrons. The molecule has 4 rings (SSSR count). The van der Waals surface area contributed by atoms with E-state index < -0.39 is 0 Å². The van der Waals surface area contributed by atoms with Crippen LogP contribution in [-0.2, 0) is 19.4 Å². The predicted molar refractivity (Wildman–Crippen MR) is 104 cm³/mol. The van der Waals surface area contributed by atoms with Crippen molar-refractivity contribution in [1.82, 2.24) is 4.90 Å². The molecular formula is C22H26FNS. The Labute approximate surface area is 154 Å². The van der Waals surface area contributed by atoms with Gasteiger partial charge in [-0.15, -0.1) is 0 Å². The van der Waals surface area contributed by atoms with Crippen molar-refractivity contribution in [2.24, 2.45) is 5.41 Å². The first-order valence-electron chi connectivity index (χ1n) is 9.19. The minimum absolute atomic E-state index is 0.246. The smallest absolute Gasteiger partial charge is 0.0812 e. The highest BCUT2D eigenvalue weighted by atomic mass is 32.2. The van der Waals surface area contributed by atoms with E-state index in [1.807, 2.05) is 6.07 Å². The molecule has 1 aliphatic heterocycles. The molecule has 0 radical (unpaired) electrons. The average Bonchev–Trinajstić information content (AvgIpc) is 2.93. The summed E-state index contributed by atoms with van der Waals surface area (Å²) in [6.45, 7) is 9.00. The molecular weight excluding hydrogens is 329 g/mol. The maximum atomic E-state index is 13.1. The Bertz CT molecular complexity index is 799. The molecule has 0 aromatic heterocycles. The standard InChI is InChI=1S/C22H26FNS/c1-15-4-5-17-12-22(2,3)14-24(13-18(17)10-15)21-9-7-16-6-8-19(25-23)11-20(16)21/h4-6,8,10-11,21H,7,9,12-14H2,1-3H3. The van der Waals surface area contributed by atoms with Crippen LogP contribution >= 0.6 is 12.1 Å². The molecule has 0 spiro atoms. The Kier molecular flexibility index (Phi) is 4.41. The Morgan fingerprint density at radius 1 is 1.08 bits per heavy atom. The van der Waals surface area contributed by atoms with Gasteiger partial charge in [0.15, 0.2) is 0 Å². The number of benzene rings is 2. The molecule has 0 saturated heterocycles. The van der Waals surface area contributed by atoms with Gasteiger partial charge in [-0.3, -0.25) is 4.90 Å². The Hall–Kier alpha value is -1.32. The third kappa shape index (κ3) is 3.37. The van der Waals surface area contributed by atoms with E-state index in [4.69, 9.17) is 0 Å². The highest BCUT2D eigenvalue weighted by Crippen LogP contribution is 2.42. The first kappa shape index (κ1) is 17.1. The monoisotopic (exact) mass is 355 g/mol. The normalized spacial score (nSPS) is 22.3. The van der Waals surface area contributed by atoms with Crippen LogP contribution in [0.3, 0.4) is 0 Å². The second kappa shape index (κ2) is 6.44. The fourth-order valence-electron chi connectivity index (χ4n) is 4.68. The summed E-state index contributed by atoms with van der Waals surface area (Å²) in [6, 6.07) is 13.4. The molecule has 0 amide bonds. The van der Waals surface area contributed by atoms with Gasteiger partial charge in [-0.05, 0) is 66.0 Å². The highest BCUT2D eigenvalue weighted by molar-refractivity contribution is 7.94. The van der Waals surface area contributed by atoms with Gasteiger partial charge >= 0.3 is 0 Å². The van der Waals surface area contributed by atoms with Crippen LogP contribution in [0.1, 0.15) is 54.1 Å². The van der Waals surface area contributed by atoms with Crippen LogP contribution in [0.5, 0.6) is 0 Å². The van der Waals surface area contributed by atoms with Crippen LogP contribution in [0.2, 0.25) is 0 Å². The molecule has 0 fully saturated rings. The summed E-state index contributed by atoms with van der Waals surface area (Å²) in [4.78, 5) is 3.38. The van der Waals surface area contributed by atoms with E-state index in [-0.39, 0.29) is 5.41 Å². The van der Waals surface area contributed by atoms with E-state index in [1.54, 1.807) is 0 Å². The topological polar surface area (TPSA) is 3.24 Å². The molecule has 1 nitrogen and oxygen atoms in total. The third-order valence-corrected chi connectivity index (χ3v) is 6.16. The molecule has 1 unspecified atom stereocenters. The van der Waals surface area contributed by atoms with Crippen molar-refractivity contribution in [3.05, 3.63) is 64.2 Å². The molecule has 0 N–H and O–H groups in total. The maximum absolute atomic E-state index is 13.1. The summed E-state index contributed by atoms with van der Waals surface area (Å²) in [5.41, 5.74) is 7.28. The lowest BCUT2D eigenvalue weighted by Gasteiger charge is -2.34. The average molecular weight is 356 g/mol. The second-order valence-corrected chi connectivity index (χ2v) is 9.14. The molecule has 0 bridgehead atoms. The van der Waals surface area contributed by atoms with E-state index in [0.29, 0.717) is 18.2 Å². The van der Waals surface area contributed by atoms with Crippen LogP contribution in [-0.4, -0.2) is 11.4 Å². The van der Waals surface area contributed by atoms with E-state index in [9.17, 15) is 3.89 Å². The first-order chi connectivity index (χ1) is 11.9. The summed E-state index contributed by atoms with van der Waals surface area (Å²) >= 11 is 0.359. The van der Waals surface area contributed by atoms with Crippen molar-refractivity contribution < 1.29 is 3.89 Å². The van der Waals surface area contributed by atoms with Crippen LogP contribution in [0, 0.1) is 12.3 Å². The molecule has 1 atom stereocenters. The van der Waals surface area contributed by atoms with Crippen molar-refractivity contribution in [2.75, 3.05) is 6.54 Å². The van der Waals surface area contributed by atoms with E-state index in [0.717, 1.165) is 37.2 Å². The van der Waals surface area contributed by atoms with Gasteiger partial charge in [-0.2, -0.15) is 3.89 Å². The lowest BCUT2D eigenvalue weighted by atomic mass is 9.85. The van der Waals surface area contributed by atoms with Crippen LogP contribution < -0.4 is 0 Å². The summed E-state index contributed by atoms with van der Waals surface area (Å²) in [5.74, 6) is 0. The largest absolute Gasteiger partial charge is 0.292 e. The number of aryl methyl sites for hydroxylation is 2. The van der Waals surface area contributed by atoms with Crippen molar-refractivity contribution in [3.8, 4) is 0 Å². The van der Waals surface area contributed by atoms with E-state index >= 15 is 0 Å². The lowest BCUT2D eigenvalue weighted by Crippen LogP contribution is -2.35. The highest BCUT2D eigenvalue weighted by Gasteiger charge is 2.34. The van der Waals surface area contributed by atoms with Gasteiger partial charge in [0.25, 0.3) is 0 Å². The van der Waals surface area contributed by atoms with Gasteiger partial charge in [0.1, 0.15) is 0 Å². The number of nitrogens with zero attached hydrogens (tertiary/aromatic N) is 1. The molecule has 25 heavy (non-hydrogen) atoms. The van der Waals surface area contributed by atoms with Gasteiger partial charge in [0.05, 0.1) is 12.1 Å². The molecule has 1 heterocycles. The summed E-state index contributed by atoms with van der Waals surface area (Å²) < 4.78 is 13.1. The summed E-state index contributed by atoms with van der Waals surface area (Å²) in [6.07, 6.45) is 3.38. The zero-order valence-corrected chi connectivity index (χ0v) is 16.1. The lowest BCUT2D eigenvalue weighted by molar-refractivity contribution is 0.128. The first-order valence-corrected chi connectivity index (χ1v) is 9.91. The minimum atomic E-state index is 0.246. The fourth-order valence-corrected chi connectivity index (χ4v) is 4.97. The number of rotatable bonds is 2. The summed E-state index contributed by atoms with van der Waals surface area (Å²) in [5, 5.41) is 0. The quantitative estimate of drug-likeness (QED) is 0.646. The molecule has 2 aliphatic rings.